The maximum absolute atomic E-state index is 12.4. The van der Waals surface area contributed by atoms with E-state index in [0.29, 0.717) is 0 Å². The highest BCUT2D eigenvalue weighted by molar-refractivity contribution is 9.10. The number of carbonyl (C=O) groups excluding carboxylic acids is 1. The molecule has 0 spiro atoms. The molecule has 0 fully saturated rings. The number of nitrogens with zero attached hydrogens (tertiary/aromatic N) is 5. The van der Waals surface area contributed by atoms with E-state index in [9.17, 15) is 23.7 Å². The topological polar surface area (TPSA) is 117 Å². The van der Waals surface area contributed by atoms with Crippen molar-refractivity contribution in [1.29, 1.82) is 0 Å². The van der Waals surface area contributed by atoms with Crippen molar-refractivity contribution < 1.29 is 23.2 Å². The Labute approximate surface area is 170 Å². The normalized spacial score (nSPS) is 10.9. The molecule has 2 aromatic heterocycles. The van der Waals surface area contributed by atoms with E-state index in [2.05, 4.69) is 31.4 Å². The fourth-order valence-corrected chi connectivity index (χ4v) is 2.65. The molecule has 10 nitrogen and oxygen atoms in total. The van der Waals surface area contributed by atoms with Crippen LogP contribution in [0.3, 0.4) is 0 Å². The number of benzene rings is 1. The van der Waals surface area contributed by atoms with Crippen LogP contribution in [0, 0.1) is 10.1 Å². The molecular weight excluding hydrogens is 458 g/mol. The molecule has 13 heteroatoms. The Bertz CT molecular complexity index is 1040. The van der Waals surface area contributed by atoms with Crippen molar-refractivity contribution in [2.24, 2.45) is 0 Å². The van der Waals surface area contributed by atoms with E-state index in [4.69, 9.17) is 4.74 Å². The smallest absolute Gasteiger partial charge is 0.276 e. The Morgan fingerprint density at radius 1 is 1.34 bits per heavy atom. The summed E-state index contributed by atoms with van der Waals surface area (Å²) in [6, 6.07) is 4.76. The summed E-state index contributed by atoms with van der Waals surface area (Å²) in [6.45, 7) is -0.663. The lowest BCUT2D eigenvalue weighted by Gasteiger charge is -2.09. The van der Waals surface area contributed by atoms with Gasteiger partial charge in [-0.25, -0.2) is 13.5 Å². The second-order valence-electron chi connectivity index (χ2n) is 5.71. The SMILES string of the molecule is O=C(Nc1cc(OCC(F)F)cc([N+](=O)[O-])c1)c1ccn(Cn2cc(Br)cn2)n1. The van der Waals surface area contributed by atoms with Gasteiger partial charge < -0.3 is 10.1 Å². The Morgan fingerprint density at radius 2 is 2.14 bits per heavy atom. The molecule has 29 heavy (non-hydrogen) atoms. The molecule has 0 saturated carbocycles. The first-order valence-electron chi connectivity index (χ1n) is 8.03. The first-order valence-corrected chi connectivity index (χ1v) is 8.82. The minimum absolute atomic E-state index is 0.0130. The largest absolute Gasteiger partial charge is 0.487 e. The number of ether oxygens (including phenoxy) is 1. The Morgan fingerprint density at radius 3 is 2.79 bits per heavy atom. The number of nitrogens with one attached hydrogen (secondary N) is 1. The van der Waals surface area contributed by atoms with Gasteiger partial charge in [-0.15, -0.1) is 0 Å². The van der Waals surface area contributed by atoms with Crippen LogP contribution in [-0.2, 0) is 6.67 Å². The van der Waals surface area contributed by atoms with Gasteiger partial charge >= 0.3 is 0 Å². The molecule has 2 heterocycles. The van der Waals surface area contributed by atoms with Crippen LogP contribution in [0.1, 0.15) is 10.5 Å². The lowest BCUT2D eigenvalue weighted by Crippen LogP contribution is -2.15. The predicted molar refractivity (Wildman–Crippen MR) is 100 cm³/mol. The van der Waals surface area contributed by atoms with Crippen LogP contribution in [0.15, 0.2) is 47.3 Å². The molecule has 1 N–H and O–H groups in total. The standard InChI is InChI=1S/C16H13BrF2N6O4/c17-10-6-20-24(7-10)9-23-2-1-14(22-23)16(26)21-11-3-12(25(27)28)5-13(4-11)29-8-15(18)19/h1-7,15H,8-9H2,(H,21,26). The second kappa shape index (κ2) is 8.77. The van der Waals surface area contributed by atoms with Crippen molar-refractivity contribution >= 4 is 33.2 Å². The van der Waals surface area contributed by atoms with Gasteiger partial charge in [-0.2, -0.15) is 10.2 Å². The van der Waals surface area contributed by atoms with Crippen molar-refractivity contribution in [3.8, 4) is 5.75 Å². The summed E-state index contributed by atoms with van der Waals surface area (Å²) in [5.74, 6) is -0.796. The molecule has 3 rings (SSSR count). The van der Waals surface area contributed by atoms with E-state index in [1.165, 1.54) is 16.8 Å². The monoisotopic (exact) mass is 470 g/mol. The number of rotatable bonds is 8. The average molecular weight is 471 g/mol. The average Bonchev–Trinajstić information content (AvgIpc) is 3.29. The molecule has 0 unspecified atom stereocenters. The highest BCUT2D eigenvalue weighted by Crippen LogP contribution is 2.26. The van der Waals surface area contributed by atoms with Crippen molar-refractivity contribution in [2.75, 3.05) is 11.9 Å². The first-order chi connectivity index (χ1) is 13.8. The lowest BCUT2D eigenvalue weighted by molar-refractivity contribution is -0.384. The number of hydrogen-bond acceptors (Lipinski definition) is 6. The predicted octanol–water partition coefficient (Wildman–Crippen LogP) is 3.15. The van der Waals surface area contributed by atoms with Gasteiger partial charge in [0.15, 0.2) is 5.69 Å². The third-order valence-corrected chi connectivity index (χ3v) is 3.91. The maximum atomic E-state index is 12.4. The number of aromatic nitrogens is 4. The maximum Gasteiger partial charge on any atom is 0.276 e. The molecule has 0 aliphatic carbocycles. The number of hydrogen-bond donors (Lipinski definition) is 1. The van der Waals surface area contributed by atoms with E-state index in [0.717, 1.165) is 16.6 Å². The second-order valence-corrected chi connectivity index (χ2v) is 6.62. The zero-order valence-electron chi connectivity index (χ0n) is 14.5. The summed E-state index contributed by atoms with van der Waals surface area (Å²) in [7, 11) is 0. The summed E-state index contributed by atoms with van der Waals surface area (Å²) in [5.41, 5.74) is -0.348. The fraction of sp³-hybridized carbons (Fsp3) is 0.188. The number of nitro groups is 1. The van der Waals surface area contributed by atoms with E-state index in [-0.39, 0.29) is 23.8 Å². The quantitative estimate of drug-likeness (QED) is 0.399. The van der Waals surface area contributed by atoms with Gasteiger partial charge in [0.05, 0.1) is 27.3 Å². The van der Waals surface area contributed by atoms with Crippen LogP contribution in [0.2, 0.25) is 0 Å². The molecule has 0 radical (unpaired) electrons. The molecule has 1 aromatic carbocycles. The van der Waals surface area contributed by atoms with Crippen LogP contribution in [-0.4, -0.2) is 43.4 Å². The number of non-ortho nitro benzene ring substituents is 1. The zero-order valence-corrected chi connectivity index (χ0v) is 16.1. The molecule has 0 atom stereocenters. The Balaban J connectivity index is 1.73. The Kier molecular flexibility index (Phi) is 6.16. The van der Waals surface area contributed by atoms with E-state index < -0.39 is 29.6 Å². The number of alkyl halides is 2. The lowest BCUT2D eigenvalue weighted by atomic mass is 10.2. The van der Waals surface area contributed by atoms with Crippen LogP contribution in [0.4, 0.5) is 20.2 Å². The highest BCUT2D eigenvalue weighted by Gasteiger charge is 2.16. The van der Waals surface area contributed by atoms with Crippen LogP contribution in [0.5, 0.6) is 5.75 Å². The van der Waals surface area contributed by atoms with Gasteiger partial charge in [0.1, 0.15) is 19.0 Å². The van der Waals surface area contributed by atoms with Gasteiger partial charge in [0.2, 0.25) is 0 Å². The van der Waals surface area contributed by atoms with Crippen molar-refractivity contribution in [3.63, 3.8) is 0 Å². The molecule has 0 aliphatic rings. The molecule has 1 amide bonds. The summed E-state index contributed by atoms with van der Waals surface area (Å²) in [5, 5.41) is 21.7. The Hall–Kier alpha value is -3.35. The number of anilines is 1. The minimum Gasteiger partial charge on any atom is -0.487 e. The third-order valence-electron chi connectivity index (χ3n) is 3.50. The van der Waals surface area contributed by atoms with Crippen LogP contribution in [0.25, 0.3) is 0 Å². The molecule has 0 aliphatic heterocycles. The molecule has 0 bridgehead atoms. The van der Waals surface area contributed by atoms with Crippen LogP contribution < -0.4 is 10.1 Å². The van der Waals surface area contributed by atoms with Crippen molar-refractivity contribution in [3.05, 3.63) is 63.1 Å². The minimum atomic E-state index is -2.74. The molecule has 0 saturated heterocycles. The molecular formula is C16H13BrF2N6O4. The highest BCUT2D eigenvalue weighted by atomic mass is 79.9. The fourth-order valence-electron chi connectivity index (χ4n) is 2.32. The number of nitro benzene ring substituents is 1. The van der Waals surface area contributed by atoms with Crippen LogP contribution >= 0.6 is 15.9 Å². The van der Waals surface area contributed by atoms with E-state index >= 15 is 0 Å². The van der Waals surface area contributed by atoms with Gasteiger partial charge in [-0.1, -0.05) is 0 Å². The van der Waals surface area contributed by atoms with Crippen molar-refractivity contribution in [1.82, 2.24) is 19.6 Å². The number of carbonyl (C=O) groups is 1. The van der Waals surface area contributed by atoms with Gasteiger partial charge in [0, 0.05) is 24.5 Å². The number of halogens is 3. The van der Waals surface area contributed by atoms with E-state index in [1.54, 1.807) is 23.3 Å². The van der Waals surface area contributed by atoms with Gasteiger partial charge in [-0.05, 0) is 22.0 Å². The molecule has 3 aromatic rings. The van der Waals surface area contributed by atoms with Gasteiger partial charge in [-0.3, -0.25) is 19.6 Å². The first kappa shape index (κ1) is 20.4. The van der Waals surface area contributed by atoms with E-state index in [1.807, 2.05) is 0 Å². The summed E-state index contributed by atoms with van der Waals surface area (Å²) < 4.78 is 33.3. The third kappa shape index (κ3) is 5.57. The summed E-state index contributed by atoms with van der Waals surface area (Å²) >= 11 is 3.27. The van der Waals surface area contributed by atoms with Crippen molar-refractivity contribution in [2.45, 2.75) is 13.1 Å². The molecule has 152 valence electrons. The number of amides is 1. The zero-order chi connectivity index (χ0) is 21.0. The summed E-state index contributed by atoms with van der Waals surface area (Å²) in [6.07, 6.45) is 2.15. The summed E-state index contributed by atoms with van der Waals surface area (Å²) in [4.78, 5) is 22.7. The van der Waals surface area contributed by atoms with Gasteiger partial charge in [0.25, 0.3) is 18.0 Å².